The molecule has 2 nitrogen and oxygen atoms in total. The second-order valence-corrected chi connectivity index (χ2v) is 4.99. The summed E-state index contributed by atoms with van der Waals surface area (Å²) >= 11 is 0. The van der Waals surface area contributed by atoms with Gasteiger partial charge in [0.1, 0.15) is 5.82 Å². The number of hydrogen-bond donors (Lipinski definition) is 1. The van der Waals surface area contributed by atoms with Gasteiger partial charge in [0, 0.05) is 6.61 Å². The van der Waals surface area contributed by atoms with Gasteiger partial charge in [0.15, 0.2) is 0 Å². The number of likely N-dealkylation sites (N-methyl/N-ethyl adjacent to an activating group) is 1. The summed E-state index contributed by atoms with van der Waals surface area (Å²) in [5.74, 6) is -0.182. The Labute approximate surface area is 102 Å². The Morgan fingerprint density at radius 1 is 1.47 bits per heavy atom. The molecule has 1 fully saturated rings. The molecule has 0 amide bonds. The molecular formula is C14H20FNO. The zero-order chi connectivity index (χ0) is 12.5. The van der Waals surface area contributed by atoms with E-state index in [0.717, 1.165) is 30.6 Å². The van der Waals surface area contributed by atoms with Crippen LogP contribution in [0.5, 0.6) is 0 Å². The zero-order valence-electron chi connectivity index (χ0n) is 10.7. The molecule has 2 atom stereocenters. The Morgan fingerprint density at radius 2 is 2.24 bits per heavy atom. The molecule has 1 N–H and O–H groups in total. The molecule has 17 heavy (non-hydrogen) atoms. The normalized spacial score (nSPS) is 26.1. The summed E-state index contributed by atoms with van der Waals surface area (Å²) in [4.78, 5) is 0. The van der Waals surface area contributed by atoms with E-state index >= 15 is 0 Å². The Balaban J connectivity index is 2.34. The van der Waals surface area contributed by atoms with Crippen LogP contribution in [-0.2, 0) is 4.74 Å². The highest BCUT2D eigenvalue weighted by Crippen LogP contribution is 2.38. The fourth-order valence-electron chi connectivity index (χ4n) is 2.78. The zero-order valence-corrected chi connectivity index (χ0v) is 10.7. The van der Waals surface area contributed by atoms with Gasteiger partial charge in [-0.15, -0.1) is 0 Å². The Hall–Kier alpha value is -0.930. The first-order chi connectivity index (χ1) is 8.07. The average molecular weight is 237 g/mol. The molecular weight excluding hydrogens is 217 g/mol. The molecule has 1 aromatic rings. The summed E-state index contributed by atoms with van der Waals surface area (Å²) in [5.41, 5.74) is 1.91. The van der Waals surface area contributed by atoms with Crippen LogP contribution in [0, 0.1) is 12.7 Å². The number of rotatable bonds is 3. The monoisotopic (exact) mass is 237 g/mol. The van der Waals surface area contributed by atoms with Crippen molar-refractivity contribution in [1.29, 1.82) is 0 Å². The number of ether oxygens (including phenoxy) is 1. The third-order valence-corrected chi connectivity index (χ3v) is 3.69. The lowest BCUT2D eigenvalue weighted by Crippen LogP contribution is -2.40. The molecule has 0 bridgehead atoms. The van der Waals surface area contributed by atoms with E-state index in [1.807, 2.05) is 20.0 Å². The third kappa shape index (κ3) is 2.35. The lowest BCUT2D eigenvalue weighted by molar-refractivity contribution is -0.0106. The minimum absolute atomic E-state index is 0.116. The second kappa shape index (κ2) is 4.75. The van der Waals surface area contributed by atoms with Crippen LogP contribution in [0.4, 0.5) is 4.39 Å². The van der Waals surface area contributed by atoms with Gasteiger partial charge < -0.3 is 10.1 Å². The second-order valence-electron chi connectivity index (χ2n) is 4.99. The van der Waals surface area contributed by atoms with E-state index in [1.165, 1.54) is 6.07 Å². The maximum absolute atomic E-state index is 13.1. The quantitative estimate of drug-likeness (QED) is 0.872. The summed E-state index contributed by atoms with van der Waals surface area (Å²) in [6.07, 6.45) is 2.13. The molecule has 2 unspecified atom stereocenters. The van der Waals surface area contributed by atoms with Crippen LogP contribution in [0.3, 0.4) is 0 Å². The largest absolute Gasteiger partial charge is 0.373 e. The topological polar surface area (TPSA) is 21.3 Å². The molecule has 2 rings (SSSR count). The van der Waals surface area contributed by atoms with Crippen molar-refractivity contribution in [3.8, 4) is 0 Å². The van der Waals surface area contributed by atoms with Gasteiger partial charge in [0.05, 0.1) is 11.6 Å². The van der Waals surface area contributed by atoms with E-state index in [2.05, 4.69) is 12.2 Å². The fourth-order valence-corrected chi connectivity index (χ4v) is 2.78. The lowest BCUT2D eigenvalue weighted by Gasteiger charge is -2.34. The highest BCUT2D eigenvalue weighted by atomic mass is 19.1. The first kappa shape index (κ1) is 12.5. The Bertz CT molecular complexity index is 399. The van der Waals surface area contributed by atoms with Crippen LogP contribution in [0.15, 0.2) is 18.2 Å². The summed E-state index contributed by atoms with van der Waals surface area (Å²) < 4.78 is 19.0. The molecule has 1 aliphatic heterocycles. The smallest absolute Gasteiger partial charge is 0.123 e. The van der Waals surface area contributed by atoms with Gasteiger partial charge in [-0.1, -0.05) is 6.07 Å². The molecule has 0 aliphatic carbocycles. The van der Waals surface area contributed by atoms with Crippen LogP contribution in [0.2, 0.25) is 0 Å². The molecule has 1 aliphatic rings. The van der Waals surface area contributed by atoms with Crippen LogP contribution in [0.1, 0.15) is 36.9 Å². The minimum atomic E-state index is -0.183. The molecule has 0 aromatic heterocycles. The van der Waals surface area contributed by atoms with Gasteiger partial charge >= 0.3 is 0 Å². The van der Waals surface area contributed by atoms with Crippen molar-refractivity contribution in [3.05, 3.63) is 35.1 Å². The van der Waals surface area contributed by atoms with Gasteiger partial charge in [0.2, 0.25) is 0 Å². The van der Waals surface area contributed by atoms with Gasteiger partial charge in [-0.3, -0.25) is 0 Å². The first-order valence-corrected chi connectivity index (χ1v) is 6.14. The molecule has 0 spiro atoms. The predicted molar refractivity (Wildman–Crippen MR) is 66.5 cm³/mol. The molecule has 0 saturated carbocycles. The van der Waals surface area contributed by atoms with Crippen LogP contribution in [-0.4, -0.2) is 19.3 Å². The summed E-state index contributed by atoms with van der Waals surface area (Å²) in [7, 11) is 1.93. The SMILES string of the molecule is CNC(c1ccc(F)cc1C)C1(C)CCCO1. The minimum Gasteiger partial charge on any atom is -0.373 e. The summed E-state index contributed by atoms with van der Waals surface area (Å²) in [6, 6.07) is 5.08. The molecule has 3 heteroatoms. The van der Waals surface area contributed by atoms with Crippen molar-refractivity contribution >= 4 is 0 Å². The van der Waals surface area contributed by atoms with Gasteiger partial charge in [-0.05, 0) is 57.0 Å². The van der Waals surface area contributed by atoms with Crippen molar-refractivity contribution in [1.82, 2.24) is 5.32 Å². The molecule has 0 radical (unpaired) electrons. The maximum Gasteiger partial charge on any atom is 0.123 e. The number of halogens is 1. The van der Waals surface area contributed by atoms with Crippen molar-refractivity contribution in [3.63, 3.8) is 0 Å². The van der Waals surface area contributed by atoms with Gasteiger partial charge in [0.25, 0.3) is 0 Å². The van der Waals surface area contributed by atoms with Crippen molar-refractivity contribution in [2.24, 2.45) is 0 Å². The fraction of sp³-hybridized carbons (Fsp3) is 0.571. The van der Waals surface area contributed by atoms with Crippen LogP contribution in [0.25, 0.3) is 0 Å². The number of benzene rings is 1. The highest BCUT2D eigenvalue weighted by Gasteiger charge is 2.39. The third-order valence-electron chi connectivity index (χ3n) is 3.69. The van der Waals surface area contributed by atoms with E-state index in [9.17, 15) is 4.39 Å². The predicted octanol–water partition coefficient (Wildman–Crippen LogP) is 2.96. The number of aryl methyl sites for hydroxylation is 1. The standard InChI is InChI=1S/C14H20FNO/c1-10-9-11(15)5-6-12(10)13(16-3)14(2)7-4-8-17-14/h5-6,9,13,16H,4,7-8H2,1-3H3. The first-order valence-electron chi connectivity index (χ1n) is 6.14. The molecule has 1 saturated heterocycles. The van der Waals surface area contributed by atoms with E-state index in [-0.39, 0.29) is 17.5 Å². The van der Waals surface area contributed by atoms with Gasteiger partial charge in [-0.2, -0.15) is 0 Å². The Morgan fingerprint density at radius 3 is 2.76 bits per heavy atom. The van der Waals surface area contributed by atoms with Crippen LogP contribution >= 0.6 is 0 Å². The summed E-state index contributed by atoms with van der Waals surface area (Å²) in [5, 5.41) is 3.31. The number of hydrogen-bond acceptors (Lipinski definition) is 2. The maximum atomic E-state index is 13.1. The van der Waals surface area contributed by atoms with Crippen molar-refractivity contribution in [2.75, 3.05) is 13.7 Å². The van der Waals surface area contributed by atoms with Crippen molar-refractivity contribution < 1.29 is 9.13 Å². The highest BCUT2D eigenvalue weighted by molar-refractivity contribution is 5.31. The summed E-state index contributed by atoms with van der Waals surface area (Å²) in [6.45, 7) is 4.89. The van der Waals surface area contributed by atoms with E-state index in [4.69, 9.17) is 4.74 Å². The molecule has 94 valence electrons. The van der Waals surface area contributed by atoms with Crippen LogP contribution < -0.4 is 5.32 Å². The van der Waals surface area contributed by atoms with E-state index < -0.39 is 0 Å². The lowest BCUT2D eigenvalue weighted by atomic mass is 9.86. The van der Waals surface area contributed by atoms with E-state index in [0.29, 0.717) is 0 Å². The molecule has 1 heterocycles. The van der Waals surface area contributed by atoms with Gasteiger partial charge in [-0.25, -0.2) is 4.39 Å². The number of nitrogens with one attached hydrogen (secondary N) is 1. The Kier molecular flexibility index (Phi) is 3.50. The van der Waals surface area contributed by atoms with Crippen molar-refractivity contribution in [2.45, 2.75) is 38.3 Å². The van der Waals surface area contributed by atoms with E-state index in [1.54, 1.807) is 6.07 Å². The average Bonchev–Trinajstić information content (AvgIpc) is 2.70. The molecule has 1 aromatic carbocycles.